The molecule has 0 aliphatic rings. The summed E-state index contributed by atoms with van der Waals surface area (Å²) in [5, 5.41) is 17.9. The molecule has 1 rings (SSSR count). The summed E-state index contributed by atoms with van der Waals surface area (Å²) in [6, 6.07) is 2.93. The van der Waals surface area contributed by atoms with Gasteiger partial charge in [-0.2, -0.15) is 0 Å². The summed E-state index contributed by atoms with van der Waals surface area (Å²) in [6.07, 6.45) is 0. The zero-order chi connectivity index (χ0) is 10.7. The third-order valence-electron chi connectivity index (χ3n) is 1.65. The normalized spacial score (nSPS) is 10.1. The maximum atomic E-state index is 13.4. The molecular weight excluding hydrogens is 254 g/mol. The van der Waals surface area contributed by atoms with Gasteiger partial charge in [-0.25, -0.2) is 4.39 Å². The molecule has 0 saturated heterocycles. The molecule has 3 nitrogen and oxygen atoms in total. The average Bonchev–Trinajstić information content (AvgIpc) is 2.11. The summed E-state index contributed by atoms with van der Waals surface area (Å²) in [5.74, 6) is -0.575. The number of rotatable bonds is 3. The van der Waals surface area contributed by atoms with Crippen LogP contribution in [0.2, 0.25) is 0 Å². The summed E-state index contributed by atoms with van der Waals surface area (Å²) < 4.78 is 18.6. The highest BCUT2D eigenvalue weighted by atomic mass is 79.9. The third kappa shape index (κ3) is 2.26. The third-order valence-corrected chi connectivity index (χ3v) is 2.26. The Kier molecular flexibility index (Phi) is 3.91. The zero-order valence-electron chi connectivity index (χ0n) is 7.50. The van der Waals surface area contributed by atoms with Crippen molar-refractivity contribution in [1.29, 1.82) is 0 Å². The van der Waals surface area contributed by atoms with E-state index in [0.717, 1.165) is 0 Å². The van der Waals surface area contributed by atoms with Gasteiger partial charge in [-0.3, -0.25) is 0 Å². The molecule has 0 aliphatic carbocycles. The molecule has 0 radical (unpaired) electrons. The van der Waals surface area contributed by atoms with E-state index in [1.54, 1.807) is 6.92 Å². The highest BCUT2D eigenvalue weighted by molar-refractivity contribution is 9.10. The lowest BCUT2D eigenvalue weighted by Gasteiger charge is -2.11. The number of ether oxygens (including phenoxy) is 1. The van der Waals surface area contributed by atoms with Gasteiger partial charge in [0.25, 0.3) is 0 Å². The maximum absolute atomic E-state index is 13.4. The van der Waals surface area contributed by atoms with Gasteiger partial charge in [0.05, 0.1) is 16.5 Å². The zero-order valence-corrected chi connectivity index (χ0v) is 9.08. The van der Waals surface area contributed by atoms with E-state index >= 15 is 0 Å². The first kappa shape index (κ1) is 11.5. The van der Waals surface area contributed by atoms with E-state index in [-0.39, 0.29) is 15.7 Å². The van der Waals surface area contributed by atoms with Gasteiger partial charge in [0.15, 0.2) is 0 Å². The molecule has 0 fully saturated rings. The van der Waals surface area contributed by atoms with E-state index < -0.39 is 12.9 Å². The minimum Gasteiger partial charge on any atom is -0.494 e. The number of halogens is 2. The van der Waals surface area contributed by atoms with Crippen LogP contribution in [0.15, 0.2) is 16.6 Å². The highest BCUT2D eigenvalue weighted by Gasteiger charge is 2.23. The standard InChI is InChI=1S/C8H9BBrFO3/c1-2-14-6-4-3-5(10)8(11)7(6)9(12)13/h3-4,12-13H,2H2,1H3. The van der Waals surface area contributed by atoms with Crippen LogP contribution in [0.4, 0.5) is 4.39 Å². The Hall–Kier alpha value is -0.585. The van der Waals surface area contributed by atoms with Crippen LogP contribution in [0.5, 0.6) is 5.75 Å². The van der Waals surface area contributed by atoms with E-state index in [1.807, 2.05) is 0 Å². The van der Waals surface area contributed by atoms with Crippen LogP contribution in [0.3, 0.4) is 0 Å². The number of hydrogen-bond acceptors (Lipinski definition) is 3. The van der Waals surface area contributed by atoms with Gasteiger partial charge >= 0.3 is 7.12 Å². The van der Waals surface area contributed by atoms with Crippen LogP contribution in [-0.2, 0) is 0 Å². The molecule has 0 unspecified atom stereocenters. The van der Waals surface area contributed by atoms with Gasteiger partial charge < -0.3 is 14.8 Å². The van der Waals surface area contributed by atoms with Crippen molar-refractivity contribution >= 4 is 28.5 Å². The molecule has 0 atom stereocenters. The average molecular weight is 263 g/mol. The Bertz CT molecular complexity index is 333. The van der Waals surface area contributed by atoms with Crippen molar-refractivity contribution in [3.63, 3.8) is 0 Å². The van der Waals surface area contributed by atoms with Crippen molar-refractivity contribution in [3.8, 4) is 5.75 Å². The summed E-state index contributed by atoms with van der Waals surface area (Å²) >= 11 is 2.95. The Labute approximate surface area is 89.8 Å². The second-order valence-electron chi connectivity index (χ2n) is 2.58. The lowest BCUT2D eigenvalue weighted by atomic mass is 9.79. The first-order chi connectivity index (χ1) is 6.57. The first-order valence-corrected chi connectivity index (χ1v) is 4.84. The Balaban J connectivity index is 3.23. The molecule has 0 bridgehead atoms. The van der Waals surface area contributed by atoms with Crippen molar-refractivity contribution in [2.75, 3.05) is 6.61 Å². The van der Waals surface area contributed by atoms with E-state index in [2.05, 4.69) is 15.9 Å². The second-order valence-corrected chi connectivity index (χ2v) is 3.43. The van der Waals surface area contributed by atoms with Crippen LogP contribution in [-0.4, -0.2) is 23.8 Å². The molecule has 1 aromatic carbocycles. The molecule has 14 heavy (non-hydrogen) atoms. The van der Waals surface area contributed by atoms with E-state index in [4.69, 9.17) is 14.8 Å². The van der Waals surface area contributed by atoms with Gasteiger partial charge in [0, 0.05) is 0 Å². The van der Waals surface area contributed by atoms with Gasteiger partial charge in [0.1, 0.15) is 11.6 Å². The van der Waals surface area contributed by atoms with Crippen molar-refractivity contribution < 1.29 is 19.2 Å². The van der Waals surface area contributed by atoms with Gasteiger partial charge in [-0.1, -0.05) is 0 Å². The monoisotopic (exact) mass is 262 g/mol. The lowest BCUT2D eigenvalue weighted by Crippen LogP contribution is -2.34. The Morgan fingerprint density at radius 3 is 2.64 bits per heavy atom. The molecule has 6 heteroatoms. The summed E-state index contributed by atoms with van der Waals surface area (Å²) in [7, 11) is -1.88. The molecule has 0 amide bonds. The smallest absolute Gasteiger partial charge is 0.494 e. The fraction of sp³-hybridized carbons (Fsp3) is 0.250. The maximum Gasteiger partial charge on any atom is 0.495 e. The first-order valence-electron chi connectivity index (χ1n) is 4.04. The van der Waals surface area contributed by atoms with E-state index in [1.165, 1.54) is 12.1 Å². The van der Waals surface area contributed by atoms with Crippen molar-refractivity contribution in [3.05, 3.63) is 22.4 Å². The van der Waals surface area contributed by atoms with E-state index in [9.17, 15) is 4.39 Å². The molecule has 0 aromatic heterocycles. The number of benzene rings is 1. The topological polar surface area (TPSA) is 49.7 Å². The van der Waals surface area contributed by atoms with Crippen LogP contribution in [0.1, 0.15) is 6.92 Å². The van der Waals surface area contributed by atoms with Crippen molar-refractivity contribution in [2.45, 2.75) is 6.92 Å². The van der Waals surface area contributed by atoms with Crippen LogP contribution in [0.25, 0.3) is 0 Å². The van der Waals surface area contributed by atoms with Crippen molar-refractivity contribution in [2.24, 2.45) is 0 Å². The molecule has 0 saturated carbocycles. The van der Waals surface area contributed by atoms with Gasteiger partial charge in [-0.05, 0) is 35.0 Å². The van der Waals surface area contributed by atoms with E-state index in [0.29, 0.717) is 6.61 Å². The molecule has 0 aliphatic heterocycles. The molecule has 2 N–H and O–H groups in total. The molecular formula is C8H9BBrFO3. The SMILES string of the molecule is CCOc1ccc(Br)c(F)c1B(O)O. The summed E-state index contributed by atoms with van der Waals surface area (Å²) in [5.41, 5.74) is -0.249. The van der Waals surface area contributed by atoms with Gasteiger partial charge in [0.2, 0.25) is 0 Å². The highest BCUT2D eigenvalue weighted by Crippen LogP contribution is 2.19. The number of hydrogen-bond donors (Lipinski definition) is 2. The van der Waals surface area contributed by atoms with Gasteiger partial charge in [-0.15, -0.1) is 0 Å². The quantitative estimate of drug-likeness (QED) is 0.788. The largest absolute Gasteiger partial charge is 0.495 e. The minimum absolute atomic E-state index is 0.142. The Morgan fingerprint density at radius 1 is 1.50 bits per heavy atom. The molecule has 0 heterocycles. The predicted octanol–water partition coefficient (Wildman–Crippen LogP) is 0.667. The van der Waals surface area contributed by atoms with Crippen LogP contribution >= 0.6 is 15.9 Å². The fourth-order valence-corrected chi connectivity index (χ4v) is 1.42. The summed E-state index contributed by atoms with van der Waals surface area (Å²) in [4.78, 5) is 0. The molecule has 76 valence electrons. The Morgan fingerprint density at radius 2 is 2.14 bits per heavy atom. The molecule has 0 spiro atoms. The second kappa shape index (κ2) is 4.77. The minimum atomic E-state index is -1.88. The predicted molar refractivity (Wildman–Crippen MR) is 55.1 cm³/mol. The summed E-state index contributed by atoms with van der Waals surface area (Å²) in [6.45, 7) is 2.06. The van der Waals surface area contributed by atoms with Crippen molar-refractivity contribution in [1.82, 2.24) is 0 Å². The van der Waals surface area contributed by atoms with Crippen LogP contribution < -0.4 is 10.2 Å². The lowest BCUT2D eigenvalue weighted by molar-refractivity contribution is 0.338. The van der Waals surface area contributed by atoms with Crippen LogP contribution in [0, 0.1) is 5.82 Å². The fourth-order valence-electron chi connectivity index (χ4n) is 1.07. The molecule has 1 aromatic rings.